The van der Waals surface area contributed by atoms with E-state index in [0.717, 1.165) is 21.9 Å². The third-order valence-corrected chi connectivity index (χ3v) is 5.41. The first-order valence-electron chi connectivity index (χ1n) is 7.37. The normalized spacial score (nSPS) is 17.6. The van der Waals surface area contributed by atoms with Gasteiger partial charge in [0.15, 0.2) is 0 Å². The number of amides is 1. The van der Waals surface area contributed by atoms with Crippen LogP contribution in [-0.4, -0.2) is 29.5 Å². The van der Waals surface area contributed by atoms with Crippen LogP contribution in [0.1, 0.15) is 21.3 Å². The van der Waals surface area contributed by atoms with Crippen molar-refractivity contribution < 1.29 is 22.7 Å². The largest absolute Gasteiger partial charge is 0.573 e. The van der Waals surface area contributed by atoms with Crippen LogP contribution in [0.3, 0.4) is 0 Å². The maximum Gasteiger partial charge on any atom is 0.573 e. The Morgan fingerprint density at radius 3 is 2.60 bits per heavy atom. The third-order valence-electron chi connectivity index (χ3n) is 3.62. The molecule has 1 amide bonds. The second-order valence-corrected chi connectivity index (χ2v) is 7.45. The summed E-state index contributed by atoms with van der Waals surface area (Å²) in [5.41, 5.74) is 1.15. The second-order valence-electron chi connectivity index (χ2n) is 5.35. The van der Waals surface area contributed by atoms with E-state index in [9.17, 15) is 18.0 Å². The average molecular weight is 432 g/mol. The van der Waals surface area contributed by atoms with Crippen molar-refractivity contribution in [3.63, 3.8) is 0 Å². The highest BCUT2D eigenvalue weighted by Crippen LogP contribution is 2.39. The Bertz CT molecular complexity index is 767. The van der Waals surface area contributed by atoms with Gasteiger partial charge in [-0.15, -0.1) is 24.9 Å². The molecule has 0 saturated carbocycles. The smallest absolute Gasteiger partial charge is 0.406 e. The topological polar surface area (TPSA) is 29.5 Å². The Hall–Kier alpha value is -1.67. The summed E-state index contributed by atoms with van der Waals surface area (Å²) in [4.78, 5) is 14.4. The second kappa shape index (κ2) is 7.29. The fraction of sp³-hybridized carbons (Fsp3) is 0.235. The van der Waals surface area contributed by atoms with Crippen molar-refractivity contribution in [2.75, 3.05) is 12.3 Å². The van der Waals surface area contributed by atoms with Crippen LogP contribution in [0.25, 0.3) is 0 Å². The lowest BCUT2D eigenvalue weighted by Gasteiger charge is -2.24. The van der Waals surface area contributed by atoms with Gasteiger partial charge in [-0.05, 0) is 35.9 Å². The van der Waals surface area contributed by atoms with Gasteiger partial charge in [0.1, 0.15) is 11.1 Å². The molecule has 0 aliphatic carbocycles. The lowest BCUT2D eigenvalue weighted by molar-refractivity contribution is -0.274. The maximum atomic E-state index is 12.8. The predicted octanol–water partition coefficient (Wildman–Crippen LogP) is 5.24. The van der Waals surface area contributed by atoms with Gasteiger partial charge in [-0.2, -0.15) is 0 Å². The van der Waals surface area contributed by atoms with Gasteiger partial charge in [-0.25, -0.2) is 0 Å². The van der Waals surface area contributed by atoms with Crippen LogP contribution in [-0.2, 0) is 0 Å². The zero-order valence-electron chi connectivity index (χ0n) is 12.8. The highest BCUT2D eigenvalue weighted by atomic mass is 79.9. The third kappa shape index (κ3) is 4.49. The Labute approximate surface area is 155 Å². The van der Waals surface area contributed by atoms with Gasteiger partial charge in [0.05, 0.1) is 0 Å². The van der Waals surface area contributed by atoms with Crippen LogP contribution < -0.4 is 4.74 Å². The minimum absolute atomic E-state index is 0.159. The molecule has 132 valence electrons. The highest BCUT2D eigenvalue weighted by molar-refractivity contribution is 9.10. The Balaban J connectivity index is 1.82. The van der Waals surface area contributed by atoms with Gasteiger partial charge in [0.2, 0.25) is 0 Å². The predicted molar refractivity (Wildman–Crippen MR) is 93.5 cm³/mol. The number of carbonyl (C=O) groups is 1. The monoisotopic (exact) mass is 431 g/mol. The van der Waals surface area contributed by atoms with Crippen LogP contribution in [0.2, 0.25) is 0 Å². The molecular weight excluding hydrogens is 419 g/mol. The summed E-state index contributed by atoms with van der Waals surface area (Å²) < 4.78 is 41.9. The standard InChI is InChI=1S/C17H13BrF3NO2S/c18-13-6-4-11(5-7-13)16-22(8-9-25-16)15(23)12-2-1-3-14(10-12)24-17(19,20)21/h1-7,10,16H,8-9H2. The van der Waals surface area contributed by atoms with Crippen LogP contribution in [0.15, 0.2) is 53.0 Å². The number of benzene rings is 2. The van der Waals surface area contributed by atoms with Crippen molar-refractivity contribution in [3.05, 3.63) is 64.1 Å². The Morgan fingerprint density at radius 1 is 1.20 bits per heavy atom. The van der Waals surface area contributed by atoms with Crippen molar-refractivity contribution in [2.24, 2.45) is 0 Å². The molecule has 1 atom stereocenters. The van der Waals surface area contributed by atoms with E-state index in [1.807, 2.05) is 24.3 Å². The zero-order chi connectivity index (χ0) is 18.0. The van der Waals surface area contributed by atoms with Crippen LogP contribution in [0.5, 0.6) is 5.75 Å². The molecule has 0 bridgehead atoms. The molecule has 25 heavy (non-hydrogen) atoms. The molecule has 1 unspecified atom stereocenters. The van der Waals surface area contributed by atoms with Crippen molar-refractivity contribution >= 4 is 33.6 Å². The molecule has 1 saturated heterocycles. The molecule has 3 rings (SSSR count). The molecule has 1 heterocycles. The number of carbonyl (C=O) groups excluding carboxylic acids is 1. The van der Waals surface area contributed by atoms with Crippen molar-refractivity contribution in [2.45, 2.75) is 11.7 Å². The molecule has 3 nitrogen and oxygen atoms in total. The highest BCUT2D eigenvalue weighted by Gasteiger charge is 2.33. The number of rotatable bonds is 3. The molecule has 8 heteroatoms. The molecule has 1 aliphatic rings. The molecule has 0 N–H and O–H groups in total. The number of ether oxygens (including phenoxy) is 1. The lowest BCUT2D eigenvalue weighted by atomic mass is 10.1. The maximum absolute atomic E-state index is 12.8. The number of hydrogen-bond donors (Lipinski definition) is 0. The molecule has 0 spiro atoms. The SMILES string of the molecule is O=C(c1cccc(OC(F)(F)F)c1)N1CCSC1c1ccc(Br)cc1. The van der Waals surface area contributed by atoms with E-state index < -0.39 is 12.1 Å². The van der Waals surface area contributed by atoms with Gasteiger partial charge in [0.25, 0.3) is 5.91 Å². The molecular formula is C17H13BrF3NO2S. The van der Waals surface area contributed by atoms with Gasteiger partial charge >= 0.3 is 6.36 Å². The minimum Gasteiger partial charge on any atom is -0.406 e. The van der Waals surface area contributed by atoms with E-state index >= 15 is 0 Å². The zero-order valence-corrected chi connectivity index (χ0v) is 15.2. The average Bonchev–Trinajstić information content (AvgIpc) is 3.03. The molecule has 2 aromatic carbocycles. The Kier molecular flexibility index (Phi) is 5.29. The first-order chi connectivity index (χ1) is 11.8. The van der Waals surface area contributed by atoms with Gasteiger partial charge in [-0.3, -0.25) is 4.79 Å². The van der Waals surface area contributed by atoms with Crippen molar-refractivity contribution in [1.82, 2.24) is 4.90 Å². The molecule has 0 aromatic heterocycles. The van der Waals surface area contributed by atoms with Crippen LogP contribution in [0.4, 0.5) is 13.2 Å². The fourth-order valence-corrected chi connectivity index (χ4v) is 4.09. The fourth-order valence-electron chi connectivity index (χ4n) is 2.57. The Morgan fingerprint density at radius 2 is 1.92 bits per heavy atom. The summed E-state index contributed by atoms with van der Waals surface area (Å²) in [5, 5.41) is -0.159. The van der Waals surface area contributed by atoms with E-state index in [0.29, 0.717) is 6.54 Å². The van der Waals surface area contributed by atoms with Crippen LogP contribution in [0, 0.1) is 0 Å². The molecule has 2 aromatic rings. The lowest BCUT2D eigenvalue weighted by Crippen LogP contribution is -2.30. The number of halogens is 4. The van der Waals surface area contributed by atoms with Gasteiger partial charge in [0, 0.05) is 22.3 Å². The van der Waals surface area contributed by atoms with E-state index in [4.69, 9.17) is 0 Å². The van der Waals surface area contributed by atoms with Gasteiger partial charge < -0.3 is 9.64 Å². The number of nitrogens with zero attached hydrogens (tertiary/aromatic N) is 1. The molecule has 1 aliphatic heterocycles. The van der Waals surface area contributed by atoms with E-state index in [2.05, 4.69) is 20.7 Å². The van der Waals surface area contributed by atoms with Gasteiger partial charge in [-0.1, -0.05) is 34.1 Å². The first kappa shape index (κ1) is 18.1. The summed E-state index contributed by atoms with van der Waals surface area (Å²) in [7, 11) is 0. The number of alkyl halides is 3. The summed E-state index contributed by atoms with van der Waals surface area (Å²) in [6.07, 6.45) is -4.79. The first-order valence-corrected chi connectivity index (χ1v) is 9.21. The van der Waals surface area contributed by atoms with E-state index in [-0.39, 0.29) is 16.8 Å². The van der Waals surface area contributed by atoms with Crippen molar-refractivity contribution in [3.8, 4) is 5.75 Å². The molecule has 1 fully saturated rings. The molecule has 0 radical (unpaired) electrons. The van der Waals surface area contributed by atoms with Crippen molar-refractivity contribution in [1.29, 1.82) is 0 Å². The van der Waals surface area contributed by atoms with Crippen LogP contribution >= 0.6 is 27.7 Å². The number of hydrogen-bond acceptors (Lipinski definition) is 3. The summed E-state index contributed by atoms with van der Waals surface area (Å²) in [5.74, 6) is 0.0570. The quantitative estimate of drug-likeness (QED) is 0.665. The minimum atomic E-state index is -4.79. The van der Waals surface area contributed by atoms with E-state index in [1.165, 1.54) is 18.2 Å². The van der Waals surface area contributed by atoms with E-state index in [1.54, 1.807) is 16.7 Å². The summed E-state index contributed by atoms with van der Waals surface area (Å²) >= 11 is 5.00. The summed E-state index contributed by atoms with van der Waals surface area (Å²) in [6.45, 7) is 0.536. The summed E-state index contributed by atoms with van der Waals surface area (Å²) in [6, 6.07) is 12.8. The number of thioether (sulfide) groups is 1.